The Morgan fingerprint density at radius 3 is 2.69 bits per heavy atom. The number of alkyl halides is 3. The fraction of sp³-hybridized carbons (Fsp3) is 0.560. The molecule has 0 bridgehead atoms. The van der Waals surface area contributed by atoms with Crippen molar-refractivity contribution in [3.8, 4) is 0 Å². The molecule has 1 fully saturated rings. The van der Waals surface area contributed by atoms with Crippen LogP contribution in [0.4, 0.5) is 13.2 Å². The third-order valence-electron chi connectivity index (χ3n) is 6.91. The van der Waals surface area contributed by atoms with Gasteiger partial charge in [0.05, 0.1) is 39.7 Å². The van der Waals surface area contributed by atoms with Gasteiger partial charge in [0, 0.05) is 32.2 Å². The van der Waals surface area contributed by atoms with Crippen molar-refractivity contribution in [2.75, 3.05) is 26.4 Å². The van der Waals surface area contributed by atoms with Gasteiger partial charge in [0.15, 0.2) is 0 Å². The molecule has 2 aliphatic heterocycles. The predicted molar refractivity (Wildman–Crippen MR) is 126 cm³/mol. The second kappa shape index (κ2) is 10.4. The van der Waals surface area contributed by atoms with E-state index in [4.69, 9.17) is 26.2 Å². The normalized spacial score (nSPS) is 18.3. The van der Waals surface area contributed by atoms with E-state index in [1.165, 1.54) is 0 Å². The fourth-order valence-electron chi connectivity index (χ4n) is 4.82. The molecule has 1 N–H and O–H groups in total. The Hall–Kier alpha value is -2.59. The Morgan fingerprint density at radius 2 is 2.06 bits per heavy atom. The SMILES string of the molecule is CCc1nn(C[C@@H](C)COC(=O)c2ccc(C(F)(F)F)cc2Cl)c2c1C(=O)NCC1(CCOCC1)C2. The van der Waals surface area contributed by atoms with Crippen molar-refractivity contribution in [2.45, 2.75) is 52.3 Å². The van der Waals surface area contributed by atoms with E-state index in [1.807, 2.05) is 18.5 Å². The first kappa shape index (κ1) is 26.5. The zero-order valence-electron chi connectivity index (χ0n) is 20.2. The number of ether oxygens (including phenoxy) is 2. The molecular formula is C25H29ClF3N3O4. The van der Waals surface area contributed by atoms with Crippen molar-refractivity contribution in [1.29, 1.82) is 0 Å². The standard InChI is InChI=1S/C25H29ClF3N3O4/c1-3-19-21-20(11-24(14-30-22(21)33)6-8-35-9-7-24)32(31-19)12-15(2)13-36-23(34)17-5-4-16(10-18(17)26)25(27,28)29/h4-5,10,15H,3,6-9,11-14H2,1-2H3,(H,30,33)/t15-/m1/s1. The predicted octanol–water partition coefficient (Wildman–Crippen LogP) is 4.69. The summed E-state index contributed by atoms with van der Waals surface area (Å²) >= 11 is 5.91. The molecule has 7 nitrogen and oxygen atoms in total. The zero-order chi connectivity index (χ0) is 26.1. The van der Waals surface area contributed by atoms with E-state index in [0.29, 0.717) is 50.8 Å². The maximum absolute atomic E-state index is 13.0. The maximum Gasteiger partial charge on any atom is 0.416 e. The number of benzene rings is 1. The molecule has 0 radical (unpaired) electrons. The minimum absolute atomic E-state index is 0.0114. The summed E-state index contributed by atoms with van der Waals surface area (Å²) < 4.78 is 51.3. The molecule has 2 aliphatic rings. The minimum atomic E-state index is -4.56. The number of carbonyl (C=O) groups excluding carboxylic acids is 2. The summed E-state index contributed by atoms with van der Waals surface area (Å²) in [5.74, 6) is -1.09. The van der Waals surface area contributed by atoms with Gasteiger partial charge in [-0.1, -0.05) is 25.4 Å². The molecule has 196 valence electrons. The van der Waals surface area contributed by atoms with Gasteiger partial charge in [0.1, 0.15) is 0 Å². The number of amides is 1. The van der Waals surface area contributed by atoms with Crippen molar-refractivity contribution in [3.63, 3.8) is 0 Å². The Morgan fingerprint density at radius 1 is 1.33 bits per heavy atom. The Kier molecular flexibility index (Phi) is 7.66. The molecule has 11 heteroatoms. The second-order valence-corrected chi connectivity index (χ2v) is 10.1. The summed E-state index contributed by atoms with van der Waals surface area (Å²) in [6.45, 7) is 6.15. The van der Waals surface area contributed by atoms with Crippen LogP contribution < -0.4 is 5.32 Å². The van der Waals surface area contributed by atoms with Gasteiger partial charge >= 0.3 is 12.1 Å². The van der Waals surface area contributed by atoms with Crippen LogP contribution in [0.5, 0.6) is 0 Å². The lowest BCUT2D eigenvalue weighted by Crippen LogP contribution is -2.41. The van der Waals surface area contributed by atoms with Crippen LogP contribution in [0, 0.1) is 11.3 Å². The average Bonchev–Trinajstić information content (AvgIpc) is 3.10. The minimum Gasteiger partial charge on any atom is -0.462 e. The van der Waals surface area contributed by atoms with Crippen molar-refractivity contribution < 1.29 is 32.2 Å². The van der Waals surface area contributed by atoms with E-state index in [1.54, 1.807) is 0 Å². The molecule has 0 saturated carbocycles. The van der Waals surface area contributed by atoms with Crippen molar-refractivity contribution in [1.82, 2.24) is 15.1 Å². The summed E-state index contributed by atoms with van der Waals surface area (Å²) in [4.78, 5) is 25.4. The number of esters is 1. The lowest BCUT2D eigenvalue weighted by molar-refractivity contribution is -0.137. The lowest BCUT2D eigenvalue weighted by atomic mass is 9.76. The molecule has 0 unspecified atom stereocenters. The molecule has 2 aromatic rings. The Balaban J connectivity index is 1.47. The second-order valence-electron chi connectivity index (χ2n) is 9.67. The number of nitrogens with one attached hydrogen (secondary N) is 1. The first-order valence-corrected chi connectivity index (χ1v) is 12.4. The Bertz CT molecular complexity index is 1140. The highest BCUT2D eigenvalue weighted by atomic mass is 35.5. The molecule has 4 rings (SSSR count). The quantitative estimate of drug-likeness (QED) is 0.551. The van der Waals surface area contributed by atoms with E-state index in [9.17, 15) is 22.8 Å². The highest BCUT2D eigenvalue weighted by molar-refractivity contribution is 6.33. The van der Waals surface area contributed by atoms with Crippen LogP contribution in [0.2, 0.25) is 5.02 Å². The van der Waals surface area contributed by atoms with Crippen molar-refractivity contribution >= 4 is 23.5 Å². The highest BCUT2D eigenvalue weighted by Gasteiger charge is 2.40. The van der Waals surface area contributed by atoms with Gasteiger partial charge in [-0.15, -0.1) is 0 Å². The Labute approximate surface area is 212 Å². The summed E-state index contributed by atoms with van der Waals surface area (Å²) in [6.07, 6.45) is -1.56. The summed E-state index contributed by atoms with van der Waals surface area (Å²) in [6, 6.07) is 2.53. The van der Waals surface area contributed by atoms with Gasteiger partial charge in [0.2, 0.25) is 0 Å². The molecule has 1 saturated heterocycles. The van der Waals surface area contributed by atoms with Gasteiger partial charge in [0.25, 0.3) is 5.91 Å². The monoisotopic (exact) mass is 527 g/mol. The van der Waals surface area contributed by atoms with Gasteiger partial charge in [-0.05, 0) is 49.3 Å². The molecule has 3 heterocycles. The first-order valence-electron chi connectivity index (χ1n) is 12.0. The van der Waals surface area contributed by atoms with Crippen LogP contribution in [0.15, 0.2) is 18.2 Å². The number of nitrogens with zero attached hydrogens (tertiary/aromatic N) is 2. The van der Waals surface area contributed by atoms with Crippen molar-refractivity contribution in [2.24, 2.45) is 11.3 Å². The maximum atomic E-state index is 13.0. The number of rotatable bonds is 6. The highest BCUT2D eigenvalue weighted by Crippen LogP contribution is 2.37. The van der Waals surface area contributed by atoms with E-state index in [-0.39, 0.29) is 34.4 Å². The van der Waals surface area contributed by atoms with Gasteiger partial charge in [-0.2, -0.15) is 18.3 Å². The van der Waals surface area contributed by atoms with Crippen LogP contribution in [0.3, 0.4) is 0 Å². The third-order valence-corrected chi connectivity index (χ3v) is 7.22. The number of hydrogen-bond acceptors (Lipinski definition) is 5. The largest absolute Gasteiger partial charge is 0.462 e. The number of halogens is 4. The molecule has 1 atom stereocenters. The molecule has 1 spiro atoms. The van der Waals surface area contributed by atoms with Crippen LogP contribution in [0.25, 0.3) is 0 Å². The third kappa shape index (κ3) is 5.54. The topological polar surface area (TPSA) is 82.5 Å². The summed E-state index contributed by atoms with van der Waals surface area (Å²) in [5.41, 5.74) is 1.09. The molecule has 1 amide bonds. The van der Waals surface area contributed by atoms with Crippen LogP contribution in [0.1, 0.15) is 64.4 Å². The molecule has 36 heavy (non-hydrogen) atoms. The first-order chi connectivity index (χ1) is 17.0. The van der Waals surface area contributed by atoms with E-state index >= 15 is 0 Å². The lowest BCUT2D eigenvalue weighted by Gasteiger charge is -2.36. The smallest absolute Gasteiger partial charge is 0.416 e. The number of fused-ring (bicyclic) bond motifs is 1. The molecule has 0 aliphatic carbocycles. The fourth-order valence-corrected chi connectivity index (χ4v) is 5.08. The number of aromatic nitrogens is 2. The number of hydrogen-bond donors (Lipinski definition) is 1. The van der Waals surface area contributed by atoms with Gasteiger partial charge < -0.3 is 14.8 Å². The van der Waals surface area contributed by atoms with Crippen LogP contribution in [-0.2, 0) is 35.0 Å². The van der Waals surface area contributed by atoms with Crippen LogP contribution >= 0.6 is 11.6 Å². The van der Waals surface area contributed by atoms with Crippen LogP contribution in [-0.4, -0.2) is 48.0 Å². The summed E-state index contributed by atoms with van der Waals surface area (Å²) in [7, 11) is 0. The van der Waals surface area contributed by atoms with E-state index in [0.717, 1.165) is 36.4 Å². The molecule has 1 aromatic carbocycles. The number of carbonyl (C=O) groups is 2. The molecular weight excluding hydrogens is 499 g/mol. The molecule has 1 aromatic heterocycles. The van der Waals surface area contributed by atoms with Gasteiger partial charge in [-0.25, -0.2) is 4.79 Å². The number of aryl methyl sites for hydroxylation is 1. The van der Waals surface area contributed by atoms with E-state index in [2.05, 4.69) is 5.32 Å². The van der Waals surface area contributed by atoms with Gasteiger partial charge in [-0.3, -0.25) is 9.48 Å². The average molecular weight is 528 g/mol. The van der Waals surface area contributed by atoms with E-state index < -0.39 is 17.7 Å². The zero-order valence-corrected chi connectivity index (χ0v) is 21.0. The van der Waals surface area contributed by atoms with Crippen molar-refractivity contribution in [3.05, 3.63) is 51.3 Å². The summed E-state index contributed by atoms with van der Waals surface area (Å²) in [5, 5.41) is 7.47.